The highest BCUT2D eigenvalue weighted by atomic mass is 16.2. The van der Waals surface area contributed by atoms with E-state index in [-0.39, 0.29) is 24.0 Å². The largest absolute Gasteiger partial charge is 0.336 e. The lowest BCUT2D eigenvalue weighted by molar-refractivity contribution is -0.117. The lowest BCUT2D eigenvalue weighted by Crippen LogP contribution is -2.45. The van der Waals surface area contributed by atoms with E-state index in [1.54, 1.807) is 4.90 Å². The van der Waals surface area contributed by atoms with E-state index < -0.39 is 0 Å². The van der Waals surface area contributed by atoms with Crippen molar-refractivity contribution < 1.29 is 9.59 Å². The molecule has 0 radical (unpaired) electrons. The van der Waals surface area contributed by atoms with Gasteiger partial charge in [-0.1, -0.05) is 6.07 Å². The molecule has 1 saturated heterocycles. The Morgan fingerprint density at radius 2 is 2.00 bits per heavy atom. The Kier molecular flexibility index (Phi) is 4.50. The zero-order chi connectivity index (χ0) is 15.6. The molecule has 3 amide bonds. The van der Waals surface area contributed by atoms with Crippen LogP contribution in [-0.2, 0) is 4.79 Å². The van der Waals surface area contributed by atoms with Crippen LogP contribution in [0.25, 0.3) is 0 Å². The highest BCUT2D eigenvalue weighted by molar-refractivity contribution is 5.96. The van der Waals surface area contributed by atoms with Gasteiger partial charge in [-0.2, -0.15) is 0 Å². The second-order valence-corrected chi connectivity index (χ2v) is 5.95. The summed E-state index contributed by atoms with van der Waals surface area (Å²) in [6.07, 6.45) is 0.346. The molecular formula is C16H23N3O2. The zero-order valence-corrected chi connectivity index (χ0v) is 13.1. The number of aryl methyl sites for hydroxylation is 2. The second-order valence-electron chi connectivity index (χ2n) is 5.95. The maximum Gasteiger partial charge on any atom is 0.315 e. The highest BCUT2D eigenvalue weighted by Crippen LogP contribution is 2.24. The number of nitrogens with zero attached hydrogens (tertiary/aromatic N) is 1. The summed E-state index contributed by atoms with van der Waals surface area (Å²) in [7, 11) is 0. The van der Waals surface area contributed by atoms with Gasteiger partial charge in [0.05, 0.1) is 6.04 Å². The number of hydrogen-bond acceptors (Lipinski definition) is 2. The quantitative estimate of drug-likeness (QED) is 0.895. The molecule has 1 fully saturated rings. The van der Waals surface area contributed by atoms with Crippen LogP contribution in [0, 0.1) is 13.8 Å². The number of carbonyl (C=O) groups excluding carboxylic acids is 2. The lowest BCUT2D eigenvalue weighted by Gasteiger charge is -2.19. The molecule has 1 aromatic carbocycles. The van der Waals surface area contributed by atoms with Gasteiger partial charge in [0.15, 0.2) is 0 Å². The van der Waals surface area contributed by atoms with E-state index in [2.05, 4.69) is 10.6 Å². The van der Waals surface area contributed by atoms with E-state index in [0.29, 0.717) is 13.0 Å². The molecule has 1 aliphatic heterocycles. The van der Waals surface area contributed by atoms with Crippen LogP contribution in [0.3, 0.4) is 0 Å². The van der Waals surface area contributed by atoms with E-state index in [0.717, 1.165) is 11.3 Å². The smallest absolute Gasteiger partial charge is 0.315 e. The van der Waals surface area contributed by atoms with Crippen LogP contribution in [0.2, 0.25) is 0 Å². The van der Waals surface area contributed by atoms with Gasteiger partial charge in [-0.15, -0.1) is 0 Å². The first-order valence-electron chi connectivity index (χ1n) is 7.31. The van der Waals surface area contributed by atoms with Crippen LogP contribution < -0.4 is 15.5 Å². The third-order valence-electron chi connectivity index (χ3n) is 3.68. The topological polar surface area (TPSA) is 61.4 Å². The van der Waals surface area contributed by atoms with Crippen molar-refractivity contribution in [2.24, 2.45) is 0 Å². The number of urea groups is 1. The minimum atomic E-state index is -0.218. The molecule has 0 aliphatic carbocycles. The van der Waals surface area contributed by atoms with Crippen molar-refractivity contribution in [2.45, 2.75) is 46.2 Å². The van der Waals surface area contributed by atoms with Gasteiger partial charge in [0, 0.05) is 24.7 Å². The second kappa shape index (κ2) is 6.16. The maximum atomic E-state index is 12.1. The Hall–Kier alpha value is -2.04. The summed E-state index contributed by atoms with van der Waals surface area (Å²) < 4.78 is 0. The number of amides is 3. The summed E-state index contributed by atoms with van der Waals surface area (Å²) in [6, 6.07) is 5.71. The number of carbonyl (C=O) groups is 2. The van der Waals surface area contributed by atoms with Crippen molar-refractivity contribution in [3.63, 3.8) is 0 Å². The van der Waals surface area contributed by atoms with E-state index in [1.165, 1.54) is 5.56 Å². The molecule has 114 valence electrons. The van der Waals surface area contributed by atoms with Gasteiger partial charge in [0.2, 0.25) is 5.91 Å². The van der Waals surface area contributed by atoms with Crippen molar-refractivity contribution in [1.29, 1.82) is 0 Å². The van der Waals surface area contributed by atoms with E-state index in [4.69, 9.17) is 0 Å². The number of hydrogen-bond donors (Lipinski definition) is 2. The monoisotopic (exact) mass is 289 g/mol. The van der Waals surface area contributed by atoms with Crippen LogP contribution in [0.4, 0.5) is 10.5 Å². The average Bonchev–Trinajstić information content (AvgIpc) is 2.72. The van der Waals surface area contributed by atoms with Crippen LogP contribution in [0.5, 0.6) is 0 Å². The van der Waals surface area contributed by atoms with E-state index in [9.17, 15) is 9.59 Å². The molecule has 5 nitrogen and oxygen atoms in total. The molecule has 1 aromatic rings. The molecule has 1 heterocycles. The minimum Gasteiger partial charge on any atom is -0.336 e. The molecule has 0 spiro atoms. The molecule has 2 rings (SSSR count). The molecular weight excluding hydrogens is 266 g/mol. The molecule has 1 atom stereocenters. The Morgan fingerprint density at radius 3 is 2.62 bits per heavy atom. The summed E-state index contributed by atoms with van der Waals surface area (Å²) in [6.45, 7) is 8.41. The number of nitrogens with one attached hydrogen (secondary N) is 2. The average molecular weight is 289 g/mol. The van der Waals surface area contributed by atoms with Gasteiger partial charge >= 0.3 is 6.03 Å². The molecule has 0 aromatic heterocycles. The Labute approximate surface area is 125 Å². The first kappa shape index (κ1) is 15.4. The fraction of sp³-hybridized carbons (Fsp3) is 0.500. The van der Waals surface area contributed by atoms with Crippen molar-refractivity contribution in [3.8, 4) is 0 Å². The molecule has 0 bridgehead atoms. The van der Waals surface area contributed by atoms with Crippen LogP contribution in [0.15, 0.2) is 18.2 Å². The minimum absolute atomic E-state index is 0.0492. The van der Waals surface area contributed by atoms with Gasteiger partial charge in [-0.3, -0.25) is 4.79 Å². The normalized spacial score (nSPS) is 18.2. The molecule has 21 heavy (non-hydrogen) atoms. The van der Waals surface area contributed by atoms with Gasteiger partial charge in [-0.05, 0) is 51.0 Å². The Balaban J connectivity index is 2.02. The third-order valence-corrected chi connectivity index (χ3v) is 3.68. The fourth-order valence-electron chi connectivity index (χ4n) is 2.44. The summed E-state index contributed by atoms with van der Waals surface area (Å²) in [5, 5.41) is 5.63. The first-order valence-corrected chi connectivity index (χ1v) is 7.31. The fourth-order valence-corrected chi connectivity index (χ4v) is 2.44. The summed E-state index contributed by atoms with van der Waals surface area (Å²) in [5.41, 5.74) is 3.27. The van der Waals surface area contributed by atoms with Crippen LogP contribution >= 0.6 is 0 Å². The van der Waals surface area contributed by atoms with Gasteiger partial charge < -0.3 is 15.5 Å². The van der Waals surface area contributed by atoms with Gasteiger partial charge in [0.1, 0.15) is 0 Å². The van der Waals surface area contributed by atoms with Crippen molar-refractivity contribution in [3.05, 3.63) is 29.3 Å². The zero-order valence-electron chi connectivity index (χ0n) is 13.1. The predicted molar refractivity (Wildman–Crippen MR) is 83.5 cm³/mol. The summed E-state index contributed by atoms with van der Waals surface area (Å²) in [5.74, 6) is 0.0492. The van der Waals surface area contributed by atoms with Crippen molar-refractivity contribution in [2.75, 3.05) is 11.4 Å². The first-order chi connectivity index (χ1) is 9.86. The number of benzene rings is 1. The van der Waals surface area contributed by atoms with Crippen molar-refractivity contribution in [1.82, 2.24) is 10.6 Å². The van der Waals surface area contributed by atoms with Gasteiger partial charge in [-0.25, -0.2) is 4.79 Å². The van der Waals surface area contributed by atoms with Crippen LogP contribution in [0.1, 0.15) is 31.4 Å². The Morgan fingerprint density at radius 1 is 1.29 bits per heavy atom. The highest BCUT2D eigenvalue weighted by Gasteiger charge is 2.31. The van der Waals surface area contributed by atoms with E-state index >= 15 is 0 Å². The lowest BCUT2D eigenvalue weighted by atomic mass is 10.1. The SMILES string of the molecule is Cc1ccc(N2CC(NC(=O)NC(C)C)CC2=O)cc1C. The molecule has 2 N–H and O–H groups in total. The van der Waals surface area contributed by atoms with Gasteiger partial charge in [0.25, 0.3) is 0 Å². The van der Waals surface area contributed by atoms with Crippen LogP contribution in [-0.4, -0.2) is 30.6 Å². The maximum absolute atomic E-state index is 12.1. The summed E-state index contributed by atoms with van der Waals surface area (Å²) >= 11 is 0. The summed E-state index contributed by atoms with van der Waals surface area (Å²) in [4.78, 5) is 25.6. The third kappa shape index (κ3) is 3.74. The predicted octanol–water partition coefficient (Wildman–Crippen LogP) is 2.12. The standard InChI is InChI=1S/C16H23N3O2/c1-10(2)17-16(21)18-13-8-15(20)19(9-13)14-6-5-11(3)12(4)7-14/h5-7,10,13H,8-9H2,1-4H3,(H2,17,18,21). The number of rotatable bonds is 3. The van der Waals surface area contributed by atoms with E-state index in [1.807, 2.05) is 45.9 Å². The van der Waals surface area contributed by atoms with Crippen molar-refractivity contribution >= 4 is 17.6 Å². The molecule has 1 aliphatic rings. The Bertz CT molecular complexity index is 554. The molecule has 5 heteroatoms. The number of anilines is 1. The molecule has 1 unspecified atom stereocenters. The molecule has 0 saturated carbocycles.